The molecule has 3 N–H and O–H groups in total. The molecule has 1 aromatic rings. The molecule has 1 aromatic carbocycles. The van der Waals surface area contributed by atoms with E-state index < -0.39 is 5.54 Å². The summed E-state index contributed by atoms with van der Waals surface area (Å²) in [6.07, 6.45) is 5.45. The van der Waals surface area contributed by atoms with Crippen LogP contribution in [-0.2, 0) is 11.2 Å². The number of thiocarbonyl (C=S) groups is 1. The molecule has 108 valence electrons. The van der Waals surface area contributed by atoms with Crippen molar-refractivity contribution in [3.63, 3.8) is 0 Å². The summed E-state index contributed by atoms with van der Waals surface area (Å²) in [4.78, 5) is 12.7. The molecule has 4 heteroatoms. The predicted octanol–water partition coefficient (Wildman–Crippen LogP) is 2.64. The maximum absolute atomic E-state index is 12.3. The van der Waals surface area contributed by atoms with E-state index in [0.29, 0.717) is 11.4 Å². The Morgan fingerprint density at radius 3 is 2.55 bits per heavy atom. The van der Waals surface area contributed by atoms with E-state index in [1.54, 1.807) is 0 Å². The van der Waals surface area contributed by atoms with Gasteiger partial charge in [0.2, 0.25) is 5.91 Å². The second-order valence-electron chi connectivity index (χ2n) is 5.66. The van der Waals surface area contributed by atoms with Gasteiger partial charge in [0.15, 0.2) is 0 Å². The quantitative estimate of drug-likeness (QED) is 0.838. The van der Waals surface area contributed by atoms with Crippen LogP contribution < -0.4 is 11.1 Å². The van der Waals surface area contributed by atoms with Crippen LogP contribution in [0, 0.1) is 6.92 Å². The monoisotopic (exact) mass is 290 g/mol. The van der Waals surface area contributed by atoms with Gasteiger partial charge in [-0.3, -0.25) is 4.79 Å². The molecule has 1 aliphatic rings. The number of nitrogens with one attached hydrogen (secondary N) is 1. The van der Waals surface area contributed by atoms with Crippen molar-refractivity contribution in [3.8, 4) is 0 Å². The Morgan fingerprint density at radius 2 is 1.95 bits per heavy atom. The van der Waals surface area contributed by atoms with Crippen molar-refractivity contribution in [1.82, 2.24) is 5.32 Å². The summed E-state index contributed by atoms with van der Waals surface area (Å²) in [5, 5.41) is 3.10. The van der Waals surface area contributed by atoms with E-state index in [1.165, 1.54) is 6.42 Å². The number of hydrogen-bond donors (Lipinski definition) is 2. The summed E-state index contributed by atoms with van der Waals surface area (Å²) < 4.78 is 0. The number of aryl methyl sites for hydroxylation is 1. The van der Waals surface area contributed by atoms with E-state index in [0.717, 1.165) is 36.8 Å². The number of carbonyl (C=O) groups is 1. The molecule has 1 aliphatic carbocycles. The van der Waals surface area contributed by atoms with Crippen LogP contribution in [0.25, 0.3) is 0 Å². The van der Waals surface area contributed by atoms with E-state index in [9.17, 15) is 4.79 Å². The standard InChI is InChI=1S/C16H22N2OS/c1-12-7-3-4-8-13(12)11-14(19)18-16(15(17)20)9-5-2-6-10-16/h3-4,7-8H,2,5-6,9-11H2,1H3,(H2,17,20)(H,18,19). The molecule has 20 heavy (non-hydrogen) atoms. The van der Waals surface area contributed by atoms with E-state index >= 15 is 0 Å². The Labute approximate surface area is 125 Å². The molecule has 0 atom stereocenters. The summed E-state index contributed by atoms with van der Waals surface area (Å²) in [7, 11) is 0. The highest BCUT2D eigenvalue weighted by molar-refractivity contribution is 7.80. The largest absolute Gasteiger partial charge is 0.391 e. The molecule has 1 saturated carbocycles. The Hall–Kier alpha value is -1.42. The molecule has 0 spiro atoms. The molecule has 1 fully saturated rings. The van der Waals surface area contributed by atoms with Crippen molar-refractivity contribution in [2.75, 3.05) is 0 Å². The second kappa shape index (κ2) is 6.35. The summed E-state index contributed by atoms with van der Waals surface area (Å²) in [6, 6.07) is 7.95. The van der Waals surface area contributed by atoms with Crippen molar-refractivity contribution in [2.45, 2.75) is 51.0 Å². The van der Waals surface area contributed by atoms with Gasteiger partial charge < -0.3 is 11.1 Å². The molecular formula is C16H22N2OS. The lowest BCUT2D eigenvalue weighted by Crippen LogP contribution is -2.58. The molecule has 0 heterocycles. The maximum Gasteiger partial charge on any atom is 0.225 e. The molecule has 0 saturated heterocycles. The molecule has 0 aliphatic heterocycles. The number of amides is 1. The van der Waals surface area contributed by atoms with Gasteiger partial charge in [0.05, 0.1) is 16.9 Å². The Bertz CT molecular complexity index is 507. The third-order valence-electron chi connectivity index (χ3n) is 4.17. The first kappa shape index (κ1) is 15.0. The highest BCUT2D eigenvalue weighted by Gasteiger charge is 2.36. The van der Waals surface area contributed by atoms with Crippen LogP contribution in [-0.4, -0.2) is 16.4 Å². The minimum Gasteiger partial charge on any atom is -0.391 e. The lowest BCUT2D eigenvalue weighted by molar-refractivity contribution is -0.121. The third kappa shape index (κ3) is 3.37. The minimum atomic E-state index is -0.465. The lowest BCUT2D eigenvalue weighted by Gasteiger charge is -2.37. The fourth-order valence-electron chi connectivity index (χ4n) is 2.88. The van der Waals surface area contributed by atoms with Crippen molar-refractivity contribution >= 4 is 23.1 Å². The number of benzene rings is 1. The molecular weight excluding hydrogens is 268 g/mol. The molecule has 1 amide bonds. The third-order valence-corrected chi connectivity index (χ3v) is 4.56. The number of hydrogen-bond acceptors (Lipinski definition) is 2. The smallest absolute Gasteiger partial charge is 0.225 e. The van der Waals surface area contributed by atoms with Crippen LogP contribution in [0.2, 0.25) is 0 Å². The van der Waals surface area contributed by atoms with Gasteiger partial charge in [-0.1, -0.05) is 55.7 Å². The van der Waals surface area contributed by atoms with E-state index in [1.807, 2.05) is 31.2 Å². The van der Waals surface area contributed by atoms with E-state index in [2.05, 4.69) is 5.32 Å². The lowest BCUT2D eigenvalue weighted by atomic mass is 9.81. The van der Waals surface area contributed by atoms with Crippen molar-refractivity contribution in [2.24, 2.45) is 5.73 Å². The minimum absolute atomic E-state index is 0.00833. The Balaban J connectivity index is 2.06. The molecule has 0 aromatic heterocycles. The van der Waals surface area contributed by atoms with Crippen LogP contribution in [0.15, 0.2) is 24.3 Å². The first-order valence-electron chi connectivity index (χ1n) is 7.19. The highest BCUT2D eigenvalue weighted by Crippen LogP contribution is 2.28. The average Bonchev–Trinajstić information content (AvgIpc) is 2.42. The zero-order chi connectivity index (χ0) is 14.6. The maximum atomic E-state index is 12.3. The number of carbonyl (C=O) groups excluding carboxylic acids is 1. The van der Waals surface area contributed by atoms with Gasteiger partial charge in [-0.15, -0.1) is 0 Å². The predicted molar refractivity (Wildman–Crippen MR) is 85.6 cm³/mol. The normalized spacial score (nSPS) is 17.4. The SMILES string of the molecule is Cc1ccccc1CC(=O)NC1(C(N)=S)CCCCC1. The van der Waals surface area contributed by atoms with E-state index in [-0.39, 0.29) is 5.91 Å². The molecule has 3 nitrogen and oxygen atoms in total. The molecule has 0 radical (unpaired) electrons. The number of rotatable bonds is 4. The van der Waals surface area contributed by atoms with E-state index in [4.69, 9.17) is 18.0 Å². The Morgan fingerprint density at radius 1 is 1.30 bits per heavy atom. The van der Waals surface area contributed by atoms with Crippen molar-refractivity contribution in [1.29, 1.82) is 0 Å². The second-order valence-corrected chi connectivity index (χ2v) is 6.10. The Kier molecular flexibility index (Phi) is 4.76. The first-order chi connectivity index (χ1) is 9.53. The summed E-state index contributed by atoms with van der Waals surface area (Å²) in [6.45, 7) is 2.02. The van der Waals surface area contributed by atoms with Crippen molar-refractivity contribution < 1.29 is 4.79 Å². The van der Waals surface area contributed by atoms with Gasteiger partial charge in [-0.2, -0.15) is 0 Å². The average molecular weight is 290 g/mol. The van der Waals surface area contributed by atoms with Gasteiger partial charge >= 0.3 is 0 Å². The van der Waals surface area contributed by atoms with Gasteiger partial charge in [0.1, 0.15) is 0 Å². The fourth-order valence-corrected chi connectivity index (χ4v) is 3.14. The topological polar surface area (TPSA) is 55.1 Å². The van der Waals surface area contributed by atoms with Crippen LogP contribution in [0.5, 0.6) is 0 Å². The van der Waals surface area contributed by atoms with Crippen LogP contribution in [0.4, 0.5) is 0 Å². The van der Waals surface area contributed by atoms with Crippen LogP contribution in [0.3, 0.4) is 0 Å². The van der Waals surface area contributed by atoms with Gasteiger partial charge in [-0.25, -0.2) is 0 Å². The molecule has 0 bridgehead atoms. The van der Waals surface area contributed by atoms with Gasteiger partial charge in [-0.05, 0) is 30.9 Å². The zero-order valence-corrected chi connectivity index (χ0v) is 12.8. The fraction of sp³-hybridized carbons (Fsp3) is 0.500. The summed E-state index contributed by atoms with van der Waals surface area (Å²) in [5.41, 5.74) is 7.61. The van der Waals surface area contributed by atoms with Crippen molar-refractivity contribution in [3.05, 3.63) is 35.4 Å². The summed E-state index contributed by atoms with van der Waals surface area (Å²) in [5.74, 6) is 0.00833. The molecule has 0 unspecified atom stereocenters. The summed E-state index contributed by atoms with van der Waals surface area (Å²) >= 11 is 5.20. The van der Waals surface area contributed by atoms with Crippen LogP contribution >= 0.6 is 12.2 Å². The van der Waals surface area contributed by atoms with Crippen LogP contribution in [0.1, 0.15) is 43.2 Å². The van der Waals surface area contributed by atoms with Gasteiger partial charge in [0.25, 0.3) is 0 Å². The zero-order valence-electron chi connectivity index (χ0n) is 11.9. The first-order valence-corrected chi connectivity index (χ1v) is 7.60. The van der Waals surface area contributed by atoms with Gasteiger partial charge in [0, 0.05) is 0 Å². The number of nitrogens with two attached hydrogens (primary N) is 1. The highest BCUT2D eigenvalue weighted by atomic mass is 32.1. The molecule has 2 rings (SSSR count).